The van der Waals surface area contributed by atoms with Gasteiger partial charge in [0.15, 0.2) is 5.78 Å². The summed E-state index contributed by atoms with van der Waals surface area (Å²) in [5, 5.41) is 3.80. The van der Waals surface area contributed by atoms with Gasteiger partial charge in [0.05, 0.1) is 0 Å². The summed E-state index contributed by atoms with van der Waals surface area (Å²) in [5.41, 5.74) is 5.46. The minimum absolute atomic E-state index is 0.0157. The number of nitrogens with one attached hydrogen (secondary N) is 1. The molecule has 0 saturated carbocycles. The average Bonchev–Trinajstić information content (AvgIpc) is 2.61. The Labute approximate surface area is 154 Å². The Morgan fingerprint density at radius 3 is 2.48 bits per heavy atom. The number of rotatable bonds is 4. The van der Waals surface area contributed by atoms with Crippen LogP contribution in [0.4, 0.5) is 5.69 Å². The predicted octanol–water partition coefficient (Wildman–Crippen LogP) is 6.13. The molecule has 1 aliphatic rings. The number of carbonyl (C=O) groups is 1. The molecule has 130 valence electrons. The van der Waals surface area contributed by atoms with Crippen LogP contribution in [-0.2, 0) is 4.79 Å². The first-order valence-electron chi connectivity index (χ1n) is 8.80. The Morgan fingerprint density at radius 1 is 1.08 bits per heavy atom. The van der Waals surface area contributed by atoms with Gasteiger partial charge in [-0.25, -0.2) is 0 Å². The van der Waals surface area contributed by atoms with Crippen LogP contribution in [0.3, 0.4) is 0 Å². The van der Waals surface area contributed by atoms with Gasteiger partial charge in [-0.2, -0.15) is 0 Å². The highest BCUT2D eigenvalue weighted by molar-refractivity contribution is 6.43. The molecule has 2 aromatic carbocycles. The summed E-state index contributed by atoms with van der Waals surface area (Å²) in [6, 6.07) is 16.6. The summed E-state index contributed by atoms with van der Waals surface area (Å²) in [5.74, 6) is 0.643. The van der Waals surface area contributed by atoms with Crippen LogP contribution in [0.5, 0.6) is 0 Å². The lowest BCUT2D eigenvalue weighted by atomic mass is 9.85. The SMILES string of the molecule is Cc1ccc(C(C)C)cc1NC1=C(Cl)C(=O)C[C@@H](c2ccccc2)C1. The van der Waals surface area contributed by atoms with E-state index in [1.54, 1.807) is 0 Å². The van der Waals surface area contributed by atoms with Gasteiger partial charge in [-0.15, -0.1) is 0 Å². The molecule has 3 heteroatoms. The van der Waals surface area contributed by atoms with Gasteiger partial charge in [0, 0.05) is 17.8 Å². The second-order valence-corrected chi connectivity index (χ2v) is 7.46. The fourth-order valence-corrected chi connectivity index (χ4v) is 3.45. The number of benzene rings is 2. The maximum Gasteiger partial charge on any atom is 0.176 e. The number of ketones is 1. The number of hydrogen-bond donors (Lipinski definition) is 1. The molecule has 0 unspecified atom stereocenters. The van der Waals surface area contributed by atoms with Crippen LogP contribution < -0.4 is 5.32 Å². The lowest BCUT2D eigenvalue weighted by Gasteiger charge is -2.26. The van der Waals surface area contributed by atoms with Gasteiger partial charge in [-0.3, -0.25) is 4.79 Å². The van der Waals surface area contributed by atoms with E-state index in [0.717, 1.165) is 23.4 Å². The fourth-order valence-electron chi connectivity index (χ4n) is 3.25. The van der Waals surface area contributed by atoms with Gasteiger partial charge >= 0.3 is 0 Å². The van der Waals surface area contributed by atoms with E-state index < -0.39 is 0 Å². The molecule has 2 aromatic rings. The highest BCUT2D eigenvalue weighted by Gasteiger charge is 2.28. The quantitative estimate of drug-likeness (QED) is 0.716. The minimum atomic E-state index is 0.0157. The molecule has 1 N–H and O–H groups in total. The maximum atomic E-state index is 12.4. The molecule has 25 heavy (non-hydrogen) atoms. The van der Waals surface area contributed by atoms with E-state index in [0.29, 0.717) is 17.4 Å². The van der Waals surface area contributed by atoms with Crippen molar-refractivity contribution in [3.05, 3.63) is 76.0 Å². The van der Waals surface area contributed by atoms with Crippen molar-refractivity contribution in [3.63, 3.8) is 0 Å². The zero-order valence-corrected chi connectivity index (χ0v) is 15.7. The third kappa shape index (κ3) is 3.96. The van der Waals surface area contributed by atoms with Crippen LogP contribution in [0.25, 0.3) is 0 Å². The van der Waals surface area contributed by atoms with Gasteiger partial charge in [-0.1, -0.05) is 67.9 Å². The first-order valence-corrected chi connectivity index (χ1v) is 9.18. The van der Waals surface area contributed by atoms with Gasteiger partial charge in [-0.05, 0) is 47.9 Å². The molecule has 0 fully saturated rings. The van der Waals surface area contributed by atoms with Crippen molar-refractivity contribution in [1.29, 1.82) is 0 Å². The van der Waals surface area contributed by atoms with Crippen molar-refractivity contribution in [2.45, 2.75) is 45.4 Å². The van der Waals surface area contributed by atoms with Gasteiger partial charge in [0.25, 0.3) is 0 Å². The monoisotopic (exact) mass is 353 g/mol. The number of aryl methyl sites for hydroxylation is 1. The molecule has 0 saturated heterocycles. The second-order valence-electron chi connectivity index (χ2n) is 7.09. The van der Waals surface area contributed by atoms with E-state index in [9.17, 15) is 4.79 Å². The molecule has 0 aliphatic heterocycles. The Balaban J connectivity index is 1.89. The fraction of sp³-hybridized carbons (Fsp3) is 0.318. The molecule has 0 amide bonds. The first kappa shape index (κ1) is 17.8. The summed E-state index contributed by atoms with van der Waals surface area (Å²) < 4.78 is 0. The molecule has 0 spiro atoms. The average molecular weight is 354 g/mol. The van der Waals surface area contributed by atoms with Crippen molar-refractivity contribution >= 4 is 23.1 Å². The summed E-state index contributed by atoms with van der Waals surface area (Å²) in [6.07, 6.45) is 1.22. The number of carbonyl (C=O) groups excluding carboxylic acids is 1. The van der Waals surface area contributed by atoms with Crippen LogP contribution in [0.2, 0.25) is 0 Å². The summed E-state index contributed by atoms with van der Waals surface area (Å²) in [6.45, 7) is 6.42. The number of allylic oxidation sites excluding steroid dienone is 2. The predicted molar refractivity (Wildman–Crippen MR) is 105 cm³/mol. The maximum absolute atomic E-state index is 12.4. The standard InChI is InChI=1S/C22H24ClNO/c1-14(2)17-10-9-15(3)19(11-17)24-20-12-18(13-21(25)22(20)23)16-7-5-4-6-8-16/h4-11,14,18,24H,12-13H2,1-3H3/t18-/m0/s1. The molecular formula is C22H24ClNO. The number of hydrogen-bond acceptors (Lipinski definition) is 2. The van der Waals surface area contributed by atoms with E-state index in [1.807, 2.05) is 18.2 Å². The van der Waals surface area contributed by atoms with Crippen molar-refractivity contribution in [2.24, 2.45) is 0 Å². The molecule has 0 bridgehead atoms. The Bertz CT molecular complexity index is 808. The van der Waals surface area contributed by atoms with Crippen molar-refractivity contribution in [1.82, 2.24) is 0 Å². The molecule has 0 heterocycles. The molecule has 2 nitrogen and oxygen atoms in total. The molecule has 3 rings (SSSR count). The number of halogens is 1. The molecule has 0 aromatic heterocycles. The van der Waals surface area contributed by atoms with Crippen molar-refractivity contribution in [2.75, 3.05) is 5.32 Å². The highest BCUT2D eigenvalue weighted by Crippen LogP contribution is 2.37. The van der Waals surface area contributed by atoms with Gasteiger partial charge in [0.2, 0.25) is 0 Å². The van der Waals surface area contributed by atoms with E-state index in [1.165, 1.54) is 11.1 Å². The van der Waals surface area contributed by atoms with Crippen molar-refractivity contribution < 1.29 is 4.79 Å². The molecule has 1 aliphatic carbocycles. The van der Waals surface area contributed by atoms with E-state index in [2.05, 4.69) is 56.4 Å². The first-order chi connectivity index (χ1) is 12.0. The summed E-state index contributed by atoms with van der Waals surface area (Å²) in [7, 11) is 0. The normalized spacial score (nSPS) is 18.0. The van der Waals surface area contributed by atoms with Gasteiger partial charge in [0.1, 0.15) is 5.03 Å². The largest absolute Gasteiger partial charge is 0.357 e. The molecule has 0 radical (unpaired) electrons. The van der Waals surface area contributed by atoms with Crippen LogP contribution >= 0.6 is 11.6 Å². The van der Waals surface area contributed by atoms with Crippen LogP contribution in [0, 0.1) is 6.92 Å². The van der Waals surface area contributed by atoms with Crippen LogP contribution in [0.15, 0.2) is 59.3 Å². The lowest BCUT2D eigenvalue weighted by molar-refractivity contribution is -0.115. The topological polar surface area (TPSA) is 29.1 Å². The third-order valence-corrected chi connectivity index (χ3v) is 5.32. The smallest absolute Gasteiger partial charge is 0.176 e. The Hall–Kier alpha value is -2.06. The van der Waals surface area contributed by atoms with E-state index >= 15 is 0 Å². The second kappa shape index (κ2) is 7.45. The number of Topliss-reactive ketones (excluding diaryl/α,β-unsaturated/α-hetero) is 1. The van der Waals surface area contributed by atoms with E-state index in [4.69, 9.17) is 11.6 Å². The minimum Gasteiger partial charge on any atom is -0.357 e. The summed E-state index contributed by atoms with van der Waals surface area (Å²) >= 11 is 6.36. The zero-order chi connectivity index (χ0) is 18.0. The van der Waals surface area contributed by atoms with E-state index in [-0.39, 0.29) is 11.7 Å². The van der Waals surface area contributed by atoms with Crippen LogP contribution in [0.1, 0.15) is 55.2 Å². The highest BCUT2D eigenvalue weighted by atomic mass is 35.5. The molecule has 1 atom stereocenters. The Morgan fingerprint density at radius 2 is 1.80 bits per heavy atom. The third-order valence-electron chi connectivity index (χ3n) is 4.88. The Kier molecular flexibility index (Phi) is 5.29. The lowest BCUT2D eigenvalue weighted by Crippen LogP contribution is -2.20. The molecular weight excluding hydrogens is 330 g/mol. The zero-order valence-electron chi connectivity index (χ0n) is 15.0. The summed E-state index contributed by atoms with van der Waals surface area (Å²) in [4.78, 5) is 12.4. The number of anilines is 1. The van der Waals surface area contributed by atoms with Crippen LogP contribution in [-0.4, -0.2) is 5.78 Å². The van der Waals surface area contributed by atoms with Gasteiger partial charge < -0.3 is 5.32 Å². The van der Waals surface area contributed by atoms with Crippen molar-refractivity contribution in [3.8, 4) is 0 Å².